The fourth-order valence-electron chi connectivity index (χ4n) is 3.60. The van der Waals surface area contributed by atoms with E-state index >= 15 is 0 Å². The first-order chi connectivity index (χ1) is 14.1. The van der Waals surface area contributed by atoms with E-state index in [0.717, 1.165) is 33.2 Å². The molecule has 4 aromatic rings. The molecule has 0 saturated heterocycles. The lowest BCUT2D eigenvalue weighted by molar-refractivity contribution is 0.571. The Morgan fingerprint density at radius 2 is 1.59 bits per heavy atom. The molecule has 0 radical (unpaired) electrons. The number of aromatic nitrogens is 1. The van der Waals surface area contributed by atoms with E-state index in [1.165, 1.54) is 0 Å². The molecular weight excluding hydrogens is 380 g/mol. The minimum atomic E-state index is -3.60. The van der Waals surface area contributed by atoms with Gasteiger partial charge in [0.2, 0.25) is 10.0 Å². The summed E-state index contributed by atoms with van der Waals surface area (Å²) in [6.45, 7) is 3.90. The van der Waals surface area contributed by atoms with Crippen LogP contribution in [0, 0.1) is 0 Å². The van der Waals surface area contributed by atoms with E-state index in [0.29, 0.717) is 0 Å². The number of aromatic amines is 1. The molecule has 0 saturated carbocycles. The molecule has 4 rings (SSSR count). The predicted molar refractivity (Wildman–Crippen MR) is 119 cm³/mol. The summed E-state index contributed by atoms with van der Waals surface area (Å²) in [6.07, 6.45) is 3.63. The van der Waals surface area contributed by atoms with E-state index in [1.807, 2.05) is 85.1 Å². The SMILES string of the molecule is C=Cc1ccccc1[C@H](NS(=O)(=O)Cc1ccccc1)c1c[nH]c2ccccc12. The Hall–Kier alpha value is -3.15. The van der Waals surface area contributed by atoms with Crippen LogP contribution in [-0.2, 0) is 15.8 Å². The van der Waals surface area contributed by atoms with E-state index in [4.69, 9.17) is 0 Å². The number of sulfonamides is 1. The van der Waals surface area contributed by atoms with Crippen molar-refractivity contribution in [1.82, 2.24) is 9.71 Å². The average molecular weight is 403 g/mol. The van der Waals surface area contributed by atoms with Gasteiger partial charge in [0, 0.05) is 17.1 Å². The Morgan fingerprint density at radius 3 is 2.38 bits per heavy atom. The van der Waals surface area contributed by atoms with Crippen LogP contribution in [0.2, 0.25) is 0 Å². The summed E-state index contributed by atoms with van der Waals surface area (Å²) in [5, 5.41) is 0.985. The van der Waals surface area contributed by atoms with Crippen molar-refractivity contribution in [2.24, 2.45) is 0 Å². The van der Waals surface area contributed by atoms with Gasteiger partial charge in [0.1, 0.15) is 0 Å². The van der Waals surface area contributed by atoms with Crippen molar-refractivity contribution in [3.05, 3.63) is 114 Å². The molecule has 0 unspecified atom stereocenters. The molecule has 1 aromatic heterocycles. The van der Waals surface area contributed by atoms with Gasteiger partial charge >= 0.3 is 0 Å². The normalized spacial score (nSPS) is 12.7. The minimum absolute atomic E-state index is 0.0804. The van der Waals surface area contributed by atoms with Gasteiger partial charge in [-0.1, -0.05) is 85.5 Å². The number of nitrogens with one attached hydrogen (secondary N) is 2. The molecule has 29 heavy (non-hydrogen) atoms. The first kappa shape index (κ1) is 19.2. The van der Waals surface area contributed by atoms with Gasteiger partial charge in [0.05, 0.1) is 11.8 Å². The molecule has 3 aromatic carbocycles. The molecular formula is C24H22N2O2S. The molecule has 1 heterocycles. The Morgan fingerprint density at radius 1 is 0.897 bits per heavy atom. The quantitative estimate of drug-likeness (QED) is 0.456. The maximum Gasteiger partial charge on any atom is 0.216 e. The highest BCUT2D eigenvalue weighted by Gasteiger charge is 2.25. The van der Waals surface area contributed by atoms with Crippen LogP contribution in [0.15, 0.2) is 91.6 Å². The second-order valence-corrected chi connectivity index (χ2v) is 8.67. The first-order valence-electron chi connectivity index (χ1n) is 9.39. The topological polar surface area (TPSA) is 62.0 Å². The van der Waals surface area contributed by atoms with Crippen molar-refractivity contribution >= 4 is 27.0 Å². The number of para-hydroxylation sites is 1. The molecule has 146 valence electrons. The van der Waals surface area contributed by atoms with Gasteiger partial charge in [0.25, 0.3) is 0 Å². The Labute approximate surface area is 171 Å². The number of benzene rings is 3. The lowest BCUT2D eigenvalue weighted by atomic mass is 9.95. The fourth-order valence-corrected chi connectivity index (χ4v) is 4.93. The summed E-state index contributed by atoms with van der Waals surface area (Å²) in [7, 11) is -3.60. The lowest BCUT2D eigenvalue weighted by Gasteiger charge is -2.21. The molecule has 0 amide bonds. The predicted octanol–water partition coefficient (Wildman–Crippen LogP) is 5.02. The van der Waals surface area contributed by atoms with Crippen molar-refractivity contribution in [3.63, 3.8) is 0 Å². The van der Waals surface area contributed by atoms with Gasteiger partial charge in [-0.3, -0.25) is 0 Å². The van der Waals surface area contributed by atoms with Gasteiger partial charge < -0.3 is 4.98 Å². The molecule has 5 heteroatoms. The molecule has 1 atom stereocenters. The molecule has 0 bridgehead atoms. The van der Waals surface area contributed by atoms with E-state index in [2.05, 4.69) is 16.3 Å². The molecule has 0 aliphatic rings. The molecule has 0 aliphatic carbocycles. The highest BCUT2D eigenvalue weighted by Crippen LogP contribution is 2.32. The lowest BCUT2D eigenvalue weighted by Crippen LogP contribution is -2.30. The number of hydrogen-bond acceptors (Lipinski definition) is 2. The zero-order valence-corrected chi connectivity index (χ0v) is 16.7. The number of rotatable bonds is 7. The van der Waals surface area contributed by atoms with Gasteiger partial charge in [0.15, 0.2) is 0 Å². The second kappa shape index (κ2) is 8.07. The van der Waals surface area contributed by atoms with Gasteiger partial charge in [-0.2, -0.15) is 0 Å². The van der Waals surface area contributed by atoms with Crippen LogP contribution in [0.1, 0.15) is 28.3 Å². The van der Waals surface area contributed by atoms with Crippen LogP contribution in [-0.4, -0.2) is 13.4 Å². The Kier molecular flexibility index (Phi) is 5.34. The molecule has 0 aliphatic heterocycles. The van der Waals surface area contributed by atoms with Gasteiger partial charge in [-0.15, -0.1) is 0 Å². The maximum absolute atomic E-state index is 13.1. The molecule has 2 N–H and O–H groups in total. The van der Waals surface area contributed by atoms with Crippen molar-refractivity contribution in [2.75, 3.05) is 0 Å². The third-order valence-electron chi connectivity index (χ3n) is 4.96. The maximum atomic E-state index is 13.1. The van der Waals surface area contributed by atoms with Crippen LogP contribution in [0.25, 0.3) is 17.0 Å². The van der Waals surface area contributed by atoms with E-state index in [-0.39, 0.29) is 5.75 Å². The number of H-pyrrole nitrogens is 1. The number of fused-ring (bicyclic) bond motifs is 1. The first-order valence-corrected chi connectivity index (χ1v) is 11.0. The summed E-state index contributed by atoms with van der Waals surface area (Å²) in [6, 6.07) is 24.3. The third-order valence-corrected chi connectivity index (χ3v) is 6.26. The van der Waals surface area contributed by atoms with E-state index in [9.17, 15) is 8.42 Å². The van der Waals surface area contributed by atoms with E-state index in [1.54, 1.807) is 6.08 Å². The summed E-state index contributed by atoms with van der Waals surface area (Å²) in [5.41, 5.74) is 4.35. The van der Waals surface area contributed by atoms with Crippen molar-refractivity contribution in [1.29, 1.82) is 0 Å². The molecule has 0 spiro atoms. The van der Waals surface area contributed by atoms with Crippen LogP contribution in [0.3, 0.4) is 0 Å². The monoisotopic (exact) mass is 402 g/mol. The summed E-state index contributed by atoms with van der Waals surface area (Å²) in [5.74, 6) is -0.0804. The van der Waals surface area contributed by atoms with Crippen LogP contribution >= 0.6 is 0 Å². The van der Waals surface area contributed by atoms with Crippen LogP contribution in [0.4, 0.5) is 0 Å². The highest BCUT2D eigenvalue weighted by molar-refractivity contribution is 7.88. The molecule has 0 fully saturated rings. The van der Waals surface area contributed by atoms with Crippen LogP contribution < -0.4 is 4.72 Å². The molecule has 4 nitrogen and oxygen atoms in total. The summed E-state index contributed by atoms with van der Waals surface area (Å²) < 4.78 is 29.1. The van der Waals surface area contributed by atoms with Crippen molar-refractivity contribution in [3.8, 4) is 0 Å². The van der Waals surface area contributed by atoms with Crippen molar-refractivity contribution in [2.45, 2.75) is 11.8 Å². The van der Waals surface area contributed by atoms with Gasteiger partial charge in [-0.25, -0.2) is 13.1 Å². The standard InChI is InChI=1S/C24H22N2O2S/c1-2-19-12-6-7-13-20(19)24(22-16-25-23-15-9-8-14-21(22)23)26-29(27,28)17-18-10-4-3-5-11-18/h2-16,24-26H,1,17H2/t24-/m0/s1. The summed E-state index contributed by atoms with van der Waals surface area (Å²) in [4.78, 5) is 3.25. The van der Waals surface area contributed by atoms with E-state index < -0.39 is 16.1 Å². The van der Waals surface area contributed by atoms with Crippen molar-refractivity contribution < 1.29 is 8.42 Å². The van der Waals surface area contributed by atoms with Crippen LogP contribution in [0.5, 0.6) is 0 Å². The largest absolute Gasteiger partial charge is 0.361 e. The number of hydrogen-bond donors (Lipinski definition) is 2. The smallest absolute Gasteiger partial charge is 0.216 e. The Bertz CT molecular complexity index is 1240. The zero-order chi connectivity index (χ0) is 20.3. The average Bonchev–Trinajstić information content (AvgIpc) is 3.16. The fraction of sp³-hybridized carbons (Fsp3) is 0.0833. The van der Waals surface area contributed by atoms with Gasteiger partial charge in [-0.05, 0) is 28.3 Å². The third kappa shape index (κ3) is 4.16. The zero-order valence-electron chi connectivity index (χ0n) is 15.9. The highest BCUT2D eigenvalue weighted by atomic mass is 32.2. The Balaban J connectivity index is 1.79. The summed E-state index contributed by atoms with van der Waals surface area (Å²) >= 11 is 0. The second-order valence-electron chi connectivity index (χ2n) is 6.92. The minimum Gasteiger partial charge on any atom is -0.361 e.